The molecule has 2 aliphatic heterocycles. The smallest absolute Gasteiger partial charge is 0.186 e. The summed E-state index contributed by atoms with van der Waals surface area (Å²) in [6.45, 7) is 2.67. The van der Waals surface area contributed by atoms with E-state index < -0.39 is 0 Å². The lowest BCUT2D eigenvalue weighted by Gasteiger charge is -2.31. The lowest BCUT2D eigenvalue weighted by atomic mass is 9.94. The fraction of sp³-hybridized carbons (Fsp3) is 0.538. The van der Waals surface area contributed by atoms with E-state index in [1.54, 1.807) is 0 Å². The zero-order valence-corrected chi connectivity index (χ0v) is 10.4. The second-order valence-electron chi connectivity index (χ2n) is 4.72. The summed E-state index contributed by atoms with van der Waals surface area (Å²) in [5.41, 5.74) is 0.833. The van der Waals surface area contributed by atoms with E-state index in [4.69, 9.17) is 21.1 Å². The largest absolute Gasteiger partial charge is 0.345 e. The molecule has 3 rings (SSSR count). The van der Waals surface area contributed by atoms with E-state index in [0.29, 0.717) is 11.6 Å². The van der Waals surface area contributed by atoms with Gasteiger partial charge in [0.15, 0.2) is 6.29 Å². The molecule has 1 unspecified atom stereocenters. The molecular weight excluding hydrogens is 238 g/mol. The number of hydrogen-bond donors (Lipinski definition) is 1. The Bertz CT molecular complexity index is 404. The third-order valence-electron chi connectivity index (χ3n) is 3.53. The SMILES string of the molecule is Clc1ccccc1C1OCC2(CCNCC2)O1. The van der Waals surface area contributed by atoms with Gasteiger partial charge in [-0.25, -0.2) is 0 Å². The van der Waals surface area contributed by atoms with Crippen molar-refractivity contribution < 1.29 is 9.47 Å². The van der Waals surface area contributed by atoms with Crippen LogP contribution in [0, 0.1) is 0 Å². The van der Waals surface area contributed by atoms with Crippen LogP contribution in [0.5, 0.6) is 0 Å². The molecule has 2 fully saturated rings. The van der Waals surface area contributed by atoms with Gasteiger partial charge in [0.1, 0.15) is 0 Å². The minimum absolute atomic E-state index is 0.102. The Kier molecular flexibility index (Phi) is 3.09. The molecule has 2 saturated heterocycles. The summed E-state index contributed by atoms with van der Waals surface area (Å²) in [6.07, 6.45) is 1.71. The quantitative estimate of drug-likeness (QED) is 0.834. The monoisotopic (exact) mass is 253 g/mol. The zero-order chi connectivity index (χ0) is 11.7. The van der Waals surface area contributed by atoms with Gasteiger partial charge in [0.25, 0.3) is 0 Å². The minimum Gasteiger partial charge on any atom is -0.345 e. The van der Waals surface area contributed by atoms with E-state index in [1.165, 1.54) is 0 Å². The van der Waals surface area contributed by atoms with Gasteiger partial charge >= 0.3 is 0 Å². The third kappa shape index (κ3) is 2.20. The number of hydrogen-bond acceptors (Lipinski definition) is 3. The van der Waals surface area contributed by atoms with Crippen LogP contribution in [0.15, 0.2) is 24.3 Å². The Morgan fingerprint density at radius 3 is 2.76 bits per heavy atom. The molecule has 1 aromatic carbocycles. The molecule has 2 aliphatic rings. The fourth-order valence-electron chi connectivity index (χ4n) is 2.49. The average Bonchev–Trinajstić information content (AvgIpc) is 2.74. The van der Waals surface area contributed by atoms with Crippen LogP contribution in [-0.2, 0) is 9.47 Å². The third-order valence-corrected chi connectivity index (χ3v) is 3.87. The summed E-state index contributed by atoms with van der Waals surface area (Å²) in [5, 5.41) is 4.05. The normalized spacial score (nSPS) is 27.5. The number of benzene rings is 1. The summed E-state index contributed by atoms with van der Waals surface area (Å²) >= 11 is 6.16. The second-order valence-corrected chi connectivity index (χ2v) is 5.12. The Labute approximate surface area is 106 Å². The van der Waals surface area contributed by atoms with E-state index >= 15 is 0 Å². The van der Waals surface area contributed by atoms with Crippen LogP contribution in [0.2, 0.25) is 5.02 Å². The van der Waals surface area contributed by atoms with E-state index in [0.717, 1.165) is 31.5 Å². The Hall–Kier alpha value is -0.610. The van der Waals surface area contributed by atoms with Gasteiger partial charge in [-0.2, -0.15) is 0 Å². The standard InChI is InChI=1S/C13H16ClNO2/c14-11-4-2-1-3-10(11)12-16-9-13(17-12)5-7-15-8-6-13/h1-4,12,15H,5-9H2. The zero-order valence-electron chi connectivity index (χ0n) is 9.62. The van der Waals surface area contributed by atoms with Crippen LogP contribution >= 0.6 is 11.6 Å². The fourth-order valence-corrected chi connectivity index (χ4v) is 2.71. The van der Waals surface area contributed by atoms with Crippen LogP contribution in [0.4, 0.5) is 0 Å². The first-order valence-electron chi connectivity index (χ1n) is 6.04. The topological polar surface area (TPSA) is 30.5 Å². The van der Waals surface area contributed by atoms with Gasteiger partial charge in [-0.1, -0.05) is 29.8 Å². The molecule has 2 heterocycles. The van der Waals surface area contributed by atoms with Crippen LogP contribution in [-0.4, -0.2) is 25.3 Å². The highest BCUT2D eigenvalue weighted by Crippen LogP contribution is 2.40. The molecule has 1 atom stereocenters. The first-order chi connectivity index (χ1) is 8.29. The minimum atomic E-state index is -0.304. The molecule has 0 amide bonds. The van der Waals surface area contributed by atoms with Crippen molar-refractivity contribution in [3.63, 3.8) is 0 Å². The first-order valence-corrected chi connectivity index (χ1v) is 6.41. The Balaban J connectivity index is 1.77. The van der Waals surface area contributed by atoms with Gasteiger partial charge in [-0.15, -0.1) is 0 Å². The Morgan fingerprint density at radius 1 is 1.24 bits per heavy atom. The summed E-state index contributed by atoms with van der Waals surface area (Å²) in [4.78, 5) is 0. The lowest BCUT2D eigenvalue weighted by Crippen LogP contribution is -2.43. The van der Waals surface area contributed by atoms with Crippen LogP contribution in [0.3, 0.4) is 0 Å². The number of rotatable bonds is 1. The van der Waals surface area contributed by atoms with Crippen molar-refractivity contribution in [2.75, 3.05) is 19.7 Å². The maximum Gasteiger partial charge on any atom is 0.186 e. The molecule has 0 aliphatic carbocycles. The van der Waals surface area contributed by atoms with Crippen molar-refractivity contribution in [2.24, 2.45) is 0 Å². The molecule has 0 radical (unpaired) electrons. The van der Waals surface area contributed by atoms with Crippen molar-refractivity contribution in [1.82, 2.24) is 5.32 Å². The van der Waals surface area contributed by atoms with Gasteiger partial charge in [0, 0.05) is 10.6 Å². The number of ether oxygens (including phenoxy) is 2. The summed E-state index contributed by atoms with van der Waals surface area (Å²) in [6, 6.07) is 7.71. The second kappa shape index (κ2) is 4.58. The molecule has 0 aromatic heterocycles. The van der Waals surface area contributed by atoms with Gasteiger partial charge in [0.05, 0.1) is 12.2 Å². The predicted octanol–water partition coefficient (Wildman–Crippen LogP) is 2.51. The van der Waals surface area contributed by atoms with Crippen molar-refractivity contribution >= 4 is 11.6 Å². The van der Waals surface area contributed by atoms with E-state index in [9.17, 15) is 0 Å². The summed E-state index contributed by atoms with van der Waals surface area (Å²) in [7, 11) is 0. The molecule has 0 bridgehead atoms. The first kappa shape index (κ1) is 11.5. The van der Waals surface area contributed by atoms with Crippen molar-refractivity contribution in [1.29, 1.82) is 0 Å². The molecule has 3 nitrogen and oxygen atoms in total. The highest BCUT2D eigenvalue weighted by Gasteiger charge is 2.42. The van der Waals surface area contributed by atoms with Crippen molar-refractivity contribution in [3.8, 4) is 0 Å². The summed E-state index contributed by atoms with van der Waals surface area (Å²) < 4.78 is 11.9. The number of nitrogens with one attached hydrogen (secondary N) is 1. The molecule has 0 saturated carbocycles. The van der Waals surface area contributed by atoms with Crippen molar-refractivity contribution in [3.05, 3.63) is 34.9 Å². The number of halogens is 1. The lowest BCUT2D eigenvalue weighted by molar-refractivity contribution is -0.100. The van der Waals surface area contributed by atoms with Crippen LogP contribution in [0.1, 0.15) is 24.7 Å². The molecule has 1 N–H and O–H groups in total. The van der Waals surface area contributed by atoms with E-state index in [-0.39, 0.29) is 11.9 Å². The molecule has 4 heteroatoms. The highest BCUT2D eigenvalue weighted by molar-refractivity contribution is 6.31. The summed E-state index contributed by atoms with van der Waals surface area (Å²) in [5.74, 6) is 0. The van der Waals surface area contributed by atoms with Crippen LogP contribution in [0.25, 0.3) is 0 Å². The predicted molar refractivity (Wildman–Crippen MR) is 66.1 cm³/mol. The maximum absolute atomic E-state index is 6.16. The van der Waals surface area contributed by atoms with Gasteiger partial charge in [0.2, 0.25) is 0 Å². The number of piperidine rings is 1. The molecule has 1 spiro atoms. The average molecular weight is 254 g/mol. The Morgan fingerprint density at radius 2 is 2.00 bits per heavy atom. The molecule has 17 heavy (non-hydrogen) atoms. The highest BCUT2D eigenvalue weighted by atomic mass is 35.5. The molecule has 92 valence electrons. The molecular formula is C13H16ClNO2. The van der Waals surface area contributed by atoms with E-state index in [2.05, 4.69) is 5.32 Å². The van der Waals surface area contributed by atoms with Gasteiger partial charge in [-0.05, 0) is 32.0 Å². The molecule has 1 aromatic rings. The van der Waals surface area contributed by atoms with Gasteiger partial charge in [-0.3, -0.25) is 0 Å². The van der Waals surface area contributed by atoms with Gasteiger partial charge < -0.3 is 14.8 Å². The van der Waals surface area contributed by atoms with E-state index in [1.807, 2.05) is 24.3 Å². The van der Waals surface area contributed by atoms with Crippen LogP contribution < -0.4 is 5.32 Å². The maximum atomic E-state index is 6.16. The van der Waals surface area contributed by atoms with Crippen molar-refractivity contribution in [2.45, 2.75) is 24.7 Å².